The SMILES string of the molecule is CCNC(=NCc1ccc(O)c(OCC)c1)NC1CCN(c2ccccc2)C1.I. The first kappa shape index (κ1) is 23.1. The molecule has 1 aliphatic rings. The monoisotopic (exact) mass is 510 g/mol. The van der Waals surface area contributed by atoms with E-state index in [2.05, 4.69) is 46.7 Å². The van der Waals surface area contributed by atoms with E-state index in [1.54, 1.807) is 6.07 Å². The number of aliphatic imine (C=N–C) groups is 1. The van der Waals surface area contributed by atoms with E-state index in [0.29, 0.717) is 24.9 Å². The Bertz CT molecular complexity index is 786. The molecule has 7 heteroatoms. The lowest BCUT2D eigenvalue weighted by atomic mass is 10.2. The minimum atomic E-state index is 0. The molecule has 0 radical (unpaired) electrons. The van der Waals surface area contributed by atoms with Crippen molar-refractivity contribution >= 4 is 35.6 Å². The van der Waals surface area contributed by atoms with Crippen LogP contribution in [0.15, 0.2) is 53.5 Å². The van der Waals surface area contributed by atoms with Crippen LogP contribution in [-0.4, -0.2) is 43.3 Å². The van der Waals surface area contributed by atoms with Gasteiger partial charge in [-0.3, -0.25) is 0 Å². The lowest BCUT2D eigenvalue weighted by Crippen LogP contribution is -2.44. The second-order valence-electron chi connectivity index (χ2n) is 6.84. The van der Waals surface area contributed by atoms with Gasteiger partial charge in [0.1, 0.15) is 0 Å². The average molecular weight is 510 g/mol. The summed E-state index contributed by atoms with van der Waals surface area (Å²) in [7, 11) is 0. The van der Waals surface area contributed by atoms with Crippen molar-refractivity contribution in [3.05, 3.63) is 54.1 Å². The van der Waals surface area contributed by atoms with Crippen molar-refractivity contribution in [2.24, 2.45) is 4.99 Å². The van der Waals surface area contributed by atoms with Crippen LogP contribution in [-0.2, 0) is 6.54 Å². The number of hydrogen-bond donors (Lipinski definition) is 3. The van der Waals surface area contributed by atoms with Crippen LogP contribution in [0.25, 0.3) is 0 Å². The number of aromatic hydroxyl groups is 1. The summed E-state index contributed by atoms with van der Waals surface area (Å²) in [5.41, 5.74) is 2.26. The van der Waals surface area contributed by atoms with Crippen molar-refractivity contribution in [1.82, 2.24) is 10.6 Å². The summed E-state index contributed by atoms with van der Waals surface area (Å²) < 4.78 is 5.46. The topological polar surface area (TPSA) is 69.1 Å². The Morgan fingerprint density at radius 2 is 2.00 bits per heavy atom. The van der Waals surface area contributed by atoms with E-state index >= 15 is 0 Å². The largest absolute Gasteiger partial charge is 0.504 e. The number of guanidine groups is 1. The van der Waals surface area contributed by atoms with Gasteiger partial charge >= 0.3 is 0 Å². The van der Waals surface area contributed by atoms with Crippen LogP contribution in [0.5, 0.6) is 11.5 Å². The van der Waals surface area contributed by atoms with Crippen LogP contribution in [0.3, 0.4) is 0 Å². The molecule has 1 heterocycles. The fraction of sp³-hybridized carbons (Fsp3) is 0.409. The number of phenols is 1. The standard InChI is InChI=1S/C22H30N4O2.HI/c1-3-23-22(24-15-17-10-11-20(27)21(14-17)28-4-2)25-18-12-13-26(16-18)19-8-6-5-7-9-19;/h5-11,14,18,27H,3-4,12-13,15-16H2,1-2H3,(H2,23,24,25);1H. The van der Waals surface area contributed by atoms with Gasteiger partial charge in [-0.1, -0.05) is 24.3 Å². The van der Waals surface area contributed by atoms with Gasteiger partial charge in [0.05, 0.1) is 13.2 Å². The number of rotatable bonds is 7. The van der Waals surface area contributed by atoms with E-state index in [-0.39, 0.29) is 29.7 Å². The van der Waals surface area contributed by atoms with Crippen LogP contribution in [0.1, 0.15) is 25.8 Å². The van der Waals surface area contributed by atoms with Crippen LogP contribution in [0.2, 0.25) is 0 Å². The lowest BCUT2D eigenvalue weighted by molar-refractivity contribution is 0.318. The predicted octanol–water partition coefficient (Wildman–Crippen LogP) is 3.74. The van der Waals surface area contributed by atoms with E-state index in [1.165, 1.54) is 5.69 Å². The van der Waals surface area contributed by atoms with Gasteiger partial charge in [0.2, 0.25) is 0 Å². The van der Waals surface area contributed by atoms with Gasteiger partial charge in [0.15, 0.2) is 17.5 Å². The lowest BCUT2D eigenvalue weighted by Gasteiger charge is -2.20. The molecule has 3 N–H and O–H groups in total. The third-order valence-electron chi connectivity index (χ3n) is 4.74. The Hall–Kier alpha value is -2.16. The molecule has 0 aromatic heterocycles. The van der Waals surface area contributed by atoms with Crippen molar-refractivity contribution in [2.75, 3.05) is 31.1 Å². The van der Waals surface area contributed by atoms with E-state index in [9.17, 15) is 5.11 Å². The highest BCUT2D eigenvalue weighted by Crippen LogP contribution is 2.27. The number of nitrogens with zero attached hydrogens (tertiary/aromatic N) is 2. The molecule has 3 rings (SSSR count). The summed E-state index contributed by atoms with van der Waals surface area (Å²) in [6, 6.07) is 16.3. The molecule has 0 spiro atoms. The average Bonchev–Trinajstić information content (AvgIpc) is 3.18. The molecule has 2 aromatic carbocycles. The zero-order chi connectivity index (χ0) is 19.8. The van der Waals surface area contributed by atoms with Gasteiger partial charge in [-0.15, -0.1) is 24.0 Å². The molecule has 0 aliphatic carbocycles. The number of halogens is 1. The molecule has 1 atom stereocenters. The maximum absolute atomic E-state index is 9.85. The maximum Gasteiger partial charge on any atom is 0.191 e. The highest BCUT2D eigenvalue weighted by atomic mass is 127. The van der Waals surface area contributed by atoms with Crippen LogP contribution >= 0.6 is 24.0 Å². The first-order valence-corrected chi connectivity index (χ1v) is 9.99. The Balaban J connectivity index is 0.00000300. The van der Waals surface area contributed by atoms with Crippen LogP contribution in [0, 0.1) is 0 Å². The number of ether oxygens (including phenoxy) is 1. The minimum absolute atomic E-state index is 0. The molecule has 2 aromatic rings. The molecule has 6 nitrogen and oxygen atoms in total. The second-order valence-corrected chi connectivity index (χ2v) is 6.84. The van der Waals surface area contributed by atoms with Crippen molar-refractivity contribution in [1.29, 1.82) is 0 Å². The highest BCUT2D eigenvalue weighted by molar-refractivity contribution is 14.0. The molecule has 0 amide bonds. The van der Waals surface area contributed by atoms with Crippen molar-refractivity contribution < 1.29 is 9.84 Å². The third kappa shape index (κ3) is 6.69. The number of anilines is 1. The highest BCUT2D eigenvalue weighted by Gasteiger charge is 2.23. The van der Waals surface area contributed by atoms with Crippen molar-refractivity contribution in [2.45, 2.75) is 32.9 Å². The fourth-order valence-electron chi connectivity index (χ4n) is 3.36. The molecular formula is C22H31IN4O2. The molecule has 1 unspecified atom stereocenters. The van der Waals surface area contributed by atoms with E-state index in [4.69, 9.17) is 9.73 Å². The van der Waals surface area contributed by atoms with E-state index < -0.39 is 0 Å². The number of benzene rings is 2. The number of para-hydroxylation sites is 1. The van der Waals surface area contributed by atoms with Gasteiger partial charge in [-0.25, -0.2) is 4.99 Å². The van der Waals surface area contributed by atoms with Gasteiger partial charge in [-0.2, -0.15) is 0 Å². The van der Waals surface area contributed by atoms with Crippen LogP contribution in [0.4, 0.5) is 5.69 Å². The predicted molar refractivity (Wildman–Crippen MR) is 130 cm³/mol. The fourth-order valence-corrected chi connectivity index (χ4v) is 3.36. The van der Waals surface area contributed by atoms with Crippen molar-refractivity contribution in [3.63, 3.8) is 0 Å². The summed E-state index contributed by atoms with van der Waals surface area (Å²) in [6.07, 6.45) is 1.08. The summed E-state index contributed by atoms with van der Waals surface area (Å²) in [5.74, 6) is 1.47. The smallest absolute Gasteiger partial charge is 0.191 e. The maximum atomic E-state index is 9.85. The molecule has 0 bridgehead atoms. The first-order valence-electron chi connectivity index (χ1n) is 9.99. The first-order chi connectivity index (χ1) is 13.7. The molecule has 1 fully saturated rings. The number of nitrogens with one attached hydrogen (secondary N) is 2. The molecule has 158 valence electrons. The quantitative estimate of drug-likeness (QED) is 0.301. The van der Waals surface area contributed by atoms with Gasteiger partial charge < -0.3 is 25.4 Å². The minimum Gasteiger partial charge on any atom is -0.504 e. The van der Waals surface area contributed by atoms with Gasteiger partial charge in [0, 0.05) is 31.4 Å². The zero-order valence-corrected chi connectivity index (χ0v) is 19.4. The van der Waals surface area contributed by atoms with Gasteiger partial charge in [-0.05, 0) is 50.1 Å². The van der Waals surface area contributed by atoms with Gasteiger partial charge in [0.25, 0.3) is 0 Å². The summed E-state index contributed by atoms with van der Waals surface area (Å²) >= 11 is 0. The molecule has 1 aliphatic heterocycles. The number of hydrogen-bond acceptors (Lipinski definition) is 4. The summed E-state index contributed by atoms with van der Waals surface area (Å²) in [5, 5.41) is 16.7. The third-order valence-corrected chi connectivity index (χ3v) is 4.74. The Morgan fingerprint density at radius 1 is 1.21 bits per heavy atom. The molecule has 29 heavy (non-hydrogen) atoms. The molecule has 1 saturated heterocycles. The second kappa shape index (κ2) is 11.7. The van der Waals surface area contributed by atoms with Crippen LogP contribution < -0.4 is 20.3 Å². The Kier molecular flexibility index (Phi) is 9.37. The summed E-state index contributed by atoms with van der Waals surface area (Å²) in [4.78, 5) is 7.11. The van der Waals surface area contributed by atoms with E-state index in [1.807, 2.05) is 25.1 Å². The Morgan fingerprint density at radius 3 is 2.72 bits per heavy atom. The number of phenolic OH excluding ortho intramolecular Hbond substituents is 1. The molecule has 0 saturated carbocycles. The van der Waals surface area contributed by atoms with E-state index in [0.717, 1.165) is 37.6 Å². The normalized spacial score (nSPS) is 16.3. The summed E-state index contributed by atoms with van der Waals surface area (Å²) in [6.45, 7) is 7.81. The van der Waals surface area contributed by atoms with Crippen molar-refractivity contribution in [3.8, 4) is 11.5 Å². The Labute approximate surface area is 190 Å². The zero-order valence-electron chi connectivity index (χ0n) is 17.1. The molecular weight excluding hydrogens is 479 g/mol.